The Balaban J connectivity index is 1.47. The molecule has 4 rings (SSSR count). The minimum atomic E-state index is -0.0869. The van der Waals surface area contributed by atoms with Crippen LogP contribution in [0.5, 0.6) is 0 Å². The second-order valence-electron chi connectivity index (χ2n) is 8.28. The van der Waals surface area contributed by atoms with E-state index >= 15 is 0 Å². The summed E-state index contributed by atoms with van der Waals surface area (Å²) >= 11 is 0. The Morgan fingerprint density at radius 1 is 0.939 bits per heavy atom. The van der Waals surface area contributed by atoms with Gasteiger partial charge in [0, 0.05) is 44.8 Å². The zero-order chi connectivity index (χ0) is 22.7. The maximum absolute atomic E-state index is 13.2. The van der Waals surface area contributed by atoms with Crippen LogP contribution in [0.2, 0.25) is 0 Å². The lowest BCUT2D eigenvalue weighted by Crippen LogP contribution is -2.44. The van der Waals surface area contributed by atoms with E-state index in [1.54, 1.807) is 12.4 Å². The van der Waals surface area contributed by atoms with Crippen LogP contribution in [-0.2, 0) is 4.74 Å². The van der Waals surface area contributed by atoms with E-state index in [1.807, 2.05) is 29.2 Å². The molecule has 2 amide bonds. The molecule has 1 aromatic heterocycles. The van der Waals surface area contributed by atoms with E-state index < -0.39 is 0 Å². The third-order valence-electron chi connectivity index (χ3n) is 6.08. The lowest BCUT2D eigenvalue weighted by Gasteiger charge is -2.31. The number of morpholine rings is 1. The highest BCUT2D eigenvalue weighted by Gasteiger charge is 2.20. The average Bonchev–Trinajstić information content (AvgIpc) is 2.88. The van der Waals surface area contributed by atoms with Crippen molar-refractivity contribution < 1.29 is 9.53 Å². The van der Waals surface area contributed by atoms with Crippen LogP contribution in [0.1, 0.15) is 23.5 Å². The van der Waals surface area contributed by atoms with Gasteiger partial charge in [-0.15, -0.1) is 0 Å². The largest absolute Gasteiger partial charge is 0.379 e. The maximum atomic E-state index is 13.2. The van der Waals surface area contributed by atoms with E-state index in [0.29, 0.717) is 18.8 Å². The van der Waals surface area contributed by atoms with Gasteiger partial charge >= 0.3 is 6.03 Å². The summed E-state index contributed by atoms with van der Waals surface area (Å²) in [6.07, 6.45) is 4.22. The van der Waals surface area contributed by atoms with Gasteiger partial charge in [0.25, 0.3) is 0 Å². The van der Waals surface area contributed by atoms with Crippen molar-refractivity contribution in [3.8, 4) is 0 Å². The molecule has 0 bridgehead atoms. The van der Waals surface area contributed by atoms with Crippen LogP contribution in [0.3, 0.4) is 0 Å². The quantitative estimate of drug-likeness (QED) is 0.529. The van der Waals surface area contributed by atoms with E-state index in [9.17, 15) is 4.79 Å². The van der Waals surface area contributed by atoms with Crippen LogP contribution in [0.25, 0.3) is 0 Å². The van der Waals surface area contributed by atoms with Gasteiger partial charge in [0.2, 0.25) is 0 Å². The first-order valence-electron chi connectivity index (χ1n) is 11.7. The molecule has 0 unspecified atom stereocenters. The van der Waals surface area contributed by atoms with Crippen LogP contribution in [0.4, 0.5) is 10.5 Å². The van der Waals surface area contributed by atoms with Gasteiger partial charge in [0.05, 0.1) is 25.1 Å². The van der Waals surface area contributed by atoms with Crippen molar-refractivity contribution in [3.05, 3.63) is 96.3 Å². The normalized spacial score (nSPS) is 14.2. The molecule has 6 nitrogen and oxygen atoms in total. The van der Waals surface area contributed by atoms with Crippen molar-refractivity contribution in [2.24, 2.45) is 0 Å². The number of nitrogens with zero attached hydrogens (tertiary/aromatic N) is 3. The van der Waals surface area contributed by atoms with E-state index in [2.05, 4.69) is 63.7 Å². The number of carbonyl (C=O) groups excluding carboxylic acids is 1. The summed E-state index contributed by atoms with van der Waals surface area (Å²) in [5.74, 6) is 0.226. The van der Waals surface area contributed by atoms with Crippen molar-refractivity contribution in [2.75, 3.05) is 51.3 Å². The highest BCUT2D eigenvalue weighted by Crippen LogP contribution is 2.28. The number of rotatable bonds is 9. The number of pyridine rings is 1. The molecule has 2 heterocycles. The molecule has 1 fully saturated rings. The molecule has 0 aliphatic carbocycles. The smallest absolute Gasteiger partial charge is 0.321 e. The average molecular weight is 445 g/mol. The molecule has 0 saturated carbocycles. The molecule has 33 heavy (non-hydrogen) atoms. The number of aromatic nitrogens is 1. The van der Waals surface area contributed by atoms with Crippen molar-refractivity contribution in [1.82, 2.24) is 14.8 Å². The molecule has 1 aliphatic heterocycles. The Bertz CT molecular complexity index is 924. The van der Waals surface area contributed by atoms with Crippen LogP contribution in [0.15, 0.2) is 85.2 Å². The highest BCUT2D eigenvalue weighted by atomic mass is 16.5. The Labute approximate surface area is 196 Å². The highest BCUT2D eigenvalue weighted by molar-refractivity contribution is 5.89. The summed E-state index contributed by atoms with van der Waals surface area (Å²) in [6, 6.07) is 24.7. The predicted octanol–water partition coefficient (Wildman–Crippen LogP) is 4.47. The van der Waals surface area contributed by atoms with E-state index in [4.69, 9.17) is 4.74 Å². The molecule has 1 saturated heterocycles. The fourth-order valence-corrected chi connectivity index (χ4v) is 4.22. The number of anilines is 1. The summed E-state index contributed by atoms with van der Waals surface area (Å²) in [7, 11) is 0. The molecule has 0 atom stereocenters. The van der Waals surface area contributed by atoms with Crippen molar-refractivity contribution >= 4 is 11.7 Å². The van der Waals surface area contributed by atoms with Crippen molar-refractivity contribution in [1.29, 1.82) is 0 Å². The van der Waals surface area contributed by atoms with E-state index in [-0.39, 0.29) is 11.9 Å². The fourth-order valence-electron chi connectivity index (χ4n) is 4.22. The minimum Gasteiger partial charge on any atom is -0.379 e. The standard InChI is InChI=1S/C27H32N4O2/c32-27(29-25-12-7-14-28-22-25)31(17-16-30-18-20-33-21-19-30)15-13-26(23-8-3-1-4-9-23)24-10-5-2-6-11-24/h1-12,14,22,26H,13,15-21H2,(H,29,32). The summed E-state index contributed by atoms with van der Waals surface area (Å²) in [4.78, 5) is 21.6. The number of amides is 2. The first-order chi connectivity index (χ1) is 16.3. The lowest BCUT2D eigenvalue weighted by atomic mass is 9.88. The molecule has 0 radical (unpaired) electrons. The van der Waals surface area contributed by atoms with Gasteiger partial charge in [-0.1, -0.05) is 60.7 Å². The Hall–Kier alpha value is -3.22. The number of benzene rings is 2. The summed E-state index contributed by atoms with van der Waals surface area (Å²) in [5, 5.41) is 3.01. The number of urea groups is 1. The topological polar surface area (TPSA) is 57.7 Å². The molecule has 1 N–H and O–H groups in total. The van der Waals surface area contributed by atoms with Gasteiger partial charge in [-0.05, 0) is 29.7 Å². The third-order valence-corrected chi connectivity index (χ3v) is 6.08. The van der Waals surface area contributed by atoms with Gasteiger partial charge in [-0.3, -0.25) is 9.88 Å². The second-order valence-corrected chi connectivity index (χ2v) is 8.28. The van der Waals surface area contributed by atoms with Gasteiger partial charge in [-0.2, -0.15) is 0 Å². The zero-order valence-electron chi connectivity index (χ0n) is 19.0. The third kappa shape index (κ3) is 6.88. The molecule has 3 aromatic rings. The lowest BCUT2D eigenvalue weighted by molar-refractivity contribution is 0.0351. The monoisotopic (exact) mass is 444 g/mol. The Morgan fingerprint density at radius 3 is 2.21 bits per heavy atom. The van der Waals surface area contributed by atoms with Crippen LogP contribution >= 0.6 is 0 Å². The van der Waals surface area contributed by atoms with Crippen molar-refractivity contribution in [3.63, 3.8) is 0 Å². The Morgan fingerprint density at radius 2 is 1.61 bits per heavy atom. The maximum Gasteiger partial charge on any atom is 0.321 e. The molecule has 2 aromatic carbocycles. The molecule has 172 valence electrons. The predicted molar refractivity (Wildman–Crippen MR) is 131 cm³/mol. The zero-order valence-corrected chi connectivity index (χ0v) is 19.0. The van der Waals surface area contributed by atoms with Gasteiger partial charge in [0.15, 0.2) is 0 Å². The summed E-state index contributed by atoms with van der Waals surface area (Å²) in [5.41, 5.74) is 3.25. The fraction of sp³-hybridized carbons (Fsp3) is 0.333. The number of hydrogen-bond donors (Lipinski definition) is 1. The first-order valence-corrected chi connectivity index (χ1v) is 11.7. The van der Waals surface area contributed by atoms with Crippen LogP contribution in [-0.4, -0.2) is 66.8 Å². The van der Waals surface area contributed by atoms with Gasteiger partial charge in [0.1, 0.15) is 0 Å². The van der Waals surface area contributed by atoms with E-state index in [1.165, 1.54) is 11.1 Å². The van der Waals surface area contributed by atoms with Crippen LogP contribution < -0.4 is 5.32 Å². The van der Waals surface area contributed by atoms with Crippen molar-refractivity contribution in [2.45, 2.75) is 12.3 Å². The van der Waals surface area contributed by atoms with Gasteiger partial charge in [-0.25, -0.2) is 4.79 Å². The van der Waals surface area contributed by atoms with E-state index in [0.717, 1.165) is 39.3 Å². The summed E-state index contributed by atoms with van der Waals surface area (Å²) in [6.45, 7) is 5.50. The van der Waals surface area contributed by atoms with Gasteiger partial charge < -0.3 is 15.0 Å². The second kappa shape index (κ2) is 12.1. The SMILES string of the molecule is O=C(Nc1cccnc1)N(CCC(c1ccccc1)c1ccccc1)CCN1CCOCC1. The molecule has 6 heteroatoms. The first kappa shape index (κ1) is 23.0. The summed E-state index contributed by atoms with van der Waals surface area (Å²) < 4.78 is 5.47. The molecule has 0 spiro atoms. The minimum absolute atomic E-state index is 0.0869. The number of nitrogens with one attached hydrogen (secondary N) is 1. The number of ether oxygens (including phenoxy) is 1. The molecular weight excluding hydrogens is 412 g/mol. The Kier molecular flexibility index (Phi) is 8.44. The van der Waals surface area contributed by atoms with Crippen LogP contribution in [0, 0.1) is 0 Å². The number of carbonyl (C=O) groups is 1. The number of hydrogen-bond acceptors (Lipinski definition) is 4. The molecule has 1 aliphatic rings. The molecular formula is C27H32N4O2.